The van der Waals surface area contributed by atoms with Crippen molar-refractivity contribution in [3.8, 4) is 17.3 Å². The molecule has 194 valence electrons. The Balaban J connectivity index is 1.58. The van der Waals surface area contributed by atoms with Gasteiger partial charge in [0.1, 0.15) is 23.2 Å². The van der Waals surface area contributed by atoms with E-state index in [-0.39, 0.29) is 40.7 Å². The van der Waals surface area contributed by atoms with E-state index in [2.05, 4.69) is 0 Å². The van der Waals surface area contributed by atoms with Crippen molar-refractivity contribution in [1.29, 1.82) is 5.26 Å². The molecule has 0 saturated heterocycles. The Morgan fingerprint density at radius 3 is 2.54 bits per heavy atom. The molecule has 0 saturated carbocycles. The summed E-state index contributed by atoms with van der Waals surface area (Å²) in [4.78, 5) is 22.7. The standard InChI is InChI=1S/C30H23FN4O3S/c1-2-37-29(36)26-24(38-28(33)21(16-32)25(26)19-12-6-8-14-22(19)31)17-39-30-34-23-15-9-7-13-20(23)27(35-30)18-10-4-3-5-11-18/h3-15,25H,2,17,33H2,1H3/t25-/m1/s1. The largest absolute Gasteiger partial charge is 0.463 e. The van der Waals surface area contributed by atoms with Crippen LogP contribution in [0.15, 0.2) is 107 Å². The van der Waals surface area contributed by atoms with Crippen molar-refractivity contribution in [3.63, 3.8) is 0 Å². The minimum Gasteiger partial charge on any atom is -0.463 e. The number of nitrogens with zero attached hydrogens (tertiary/aromatic N) is 3. The van der Waals surface area contributed by atoms with Gasteiger partial charge in [0.15, 0.2) is 5.16 Å². The van der Waals surface area contributed by atoms with Gasteiger partial charge in [0.2, 0.25) is 5.88 Å². The smallest absolute Gasteiger partial charge is 0.338 e. The number of benzene rings is 3. The van der Waals surface area contributed by atoms with Gasteiger partial charge >= 0.3 is 5.97 Å². The number of ether oxygens (including phenoxy) is 2. The minimum atomic E-state index is -1.09. The number of nitriles is 1. The third-order valence-corrected chi connectivity index (χ3v) is 7.02. The molecule has 0 bridgehead atoms. The number of allylic oxidation sites excluding steroid dienone is 1. The lowest BCUT2D eigenvalue weighted by molar-refractivity contribution is -0.139. The van der Waals surface area contributed by atoms with E-state index >= 15 is 0 Å². The Morgan fingerprint density at radius 1 is 1.08 bits per heavy atom. The second kappa shape index (κ2) is 11.4. The summed E-state index contributed by atoms with van der Waals surface area (Å²) in [6.07, 6.45) is 0. The number of carbonyl (C=O) groups is 1. The molecule has 1 aromatic heterocycles. The number of carbonyl (C=O) groups excluding carboxylic acids is 1. The van der Waals surface area contributed by atoms with E-state index in [1.165, 1.54) is 30.0 Å². The summed E-state index contributed by atoms with van der Waals surface area (Å²) in [6, 6.07) is 25.4. The van der Waals surface area contributed by atoms with Crippen LogP contribution >= 0.6 is 11.8 Å². The molecule has 1 aliphatic rings. The highest BCUT2D eigenvalue weighted by molar-refractivity contribution is 7.99. The third-order valence-electron chi connectivity index (χ3n) is 6.17. The predicted octanol–water partition coefficient (Wildman–Crippen LogP) is 5.85. The van der Waals surface area contributed by atoms with E-state index in [9.17, 15) is 14.4 Å². The zero-order valence-corrected chi connectivity index (χ0v) is 21.7. The summed E-state index contributed by atoms with van der Waals surface area (Å²) < 4.78 is 26.1. The summed E-state index contributed by atoms with van der Waals surface area (Å²) in [5, 5.41) is 11.2. The van der Waals surface area contributed by atoms with Gasteiger partial charge < -0.3 is 15.2 Å². The normalized spacial score (nSPS) is 15.2. The summed E-state index contributed by atoms with van der Waals surface area (Å²) >= 11 is 1.23. The fourth-order valence-corrected chi connectivity index (χ4v) is 5.24. The van der Waals surface area contributed by atoms with Crippen molar-refractivity contribution >= 4 is 28.6 Å². The Hall–Kier alpha value is -4.68. The molecule has 0 fully saturated rings. The lowest BCUT2D eigenvalue weighted by atomic mass is 9.83. The molecule has 4 aromatic rings. The zero-order chi connectivity index (χ0) is 27.4. The molecule has 39 heavy (non-hydrogen) atoms. The third kappa shape index (κ3) is 5.19. The summed E-state index contributed by atoms with van der Waals surface area (Å²) in [5.41, 5.74) is 8.66. The molecule has 1 atom stereocenters. The van der Waals surface area contributed by atoms with Crippen LogP contribution in [-0.2, 0) is 14.3 Å². The molecule has 2 heterocycles. The van der Waals surface area contributed by atoms with Crippen LogP contribution in [0.3, 0.4) is 0 Å². The van der Waals surface area contributed by atoms with Crippen LogP contribution in [0, 0.1) is 17.1 Å². The fraction of sp³-hybridized carbons (Fsp3) is 0.133. The highest BCUT2D eigenvalue weighted by Crippen LogP contribution is 2.42. The first-order valence-corrected chi connectivity index (χ1v) is 13.2. The number of nitrogens with two attached hydrogens (primary N) is 1. The van der Waals surface area contributed by atoms with Crippen LogP contribution in [-0.4, -0.2) is 28.3 Å². The highest BCUT2D eigenvalue weighted by atomic mass is 32.2. The van der Waals surface area contributed by atoms with Crippen molar-refractivity contribution in [2.75, 3.05) is 12.4 Å². The molecule has 2 N–H and O–H groups in total. The molecule has 0 spiro atoms. The second-order valence-electron chi connectivity index (χ2n) is 8.53. The number of hydrogen-bond donors (Lipinski definition) is 1. The molecule has 5 rings (SSSR count). The topological polar surface area (TPSA) is 111 Å². The van der Waals surface area contributed by atoms with Crippen molar-refractivity contribution in [2.24, 2.45) is 5.73 Å². The lowest BCUT2D eigenvalue weighted by Gasteiger charge is -2.28. The van der Waals surface area contributed by atoms with Crippen LogP contribution in [0.4, 0.5) is 4.39 Å². The maximum absolute atomic E-state index is 15.0. The van der Waals surface area contributed by atoms with Crippen molar-refractivity contribution in [1.82, 2.24) is 9.97 Å². The monoisotopic (exact) mass is 538 g/mol. The maximum Gasteiger partial charge on any atom is 0.338 e. The molecule has 0 radical (unpaired) electrons. The molecule has 0 unspecified atom stereocenters. The van der Waals surface area contributed by atoms with Crippen molar-refractivity contribution in [2.45, 2.75) is 18.0 Å². The number of para-hydroxylation sites is 1. The van der Waals surface area contributed by atoms with Crippen molar-refractivity contribution < 1.29 is 18.7 Å². The number of thioether (sulfide) groups is 1. The Morgan fingerprint density at radius 2 is 1.79 bits per heavy atom. The van der Waals surface area contributed by atoms with Crippen LogP contribution < -0.4 is 5.73 Å². The zero-order valence-electron chi connectivity index (χ0n) is 20.9. The number of fused-ring (bicyclic) bond motifs is 1. The molecular weight excluding hydrogens is 515 g/mol. The maximum atomic E-state index is 15.0. The molecule has 1 aliphatic heterocycles. The van der Waals surface area contributed by atoms with E-state index in [4.69, 9.17) is 25.2 Å². The number of rotatable bonds is 7. The Bertz CT molecular complexity index is 1660. The Kier molecular flexibility index (Phi) is 7.57. The van der Waals surface area contributed by atoms with Crippen LogP contribution in [0.2, 0.25) is 0 Å². The molecular formula is C30H23FN4O3S. The first-order chi connectivity index (χ1) is 19.0. The summed E-state index contributed by atoms with van der Waals surface area (Å²) in [7, 11) is 0. The van der Waals surface area contributed by atoms with E-state index in [0.29, 0.717) is 5.16 Å². The number of hydrogen-bond acceptors (Lipinski definition) is 8. The van der Waals surface area contributed by atoms with Gasteiger partial charge in [0.25, 0.3) is 0 Å². The predicted molar refractivity (Wildman–Crippen MR) is 146 cm³/mol. The van der Waals surface area contributed by atoms with Gasteiger partial charge in [-0.2, -0.15) is 5.26 Å². The molecule has 3 aromatic carbocycles. The molecule has 0 amide bonds. The van der Waals surface area contributed by atoms with Gasteiger partial charge in [0.05, 0.1) is 35.1 Å². The first-order valence-electron chi connectivity index (χ1n) is 12.2. The number of halogens is 1. The van der Waals surface area contributed by atoms with E-state index in [1.54, 1.807) is 13.0 Å². The second-order valence-corrected chi connectivity index (χ2v) is 9.47. The van der Waals surface area contributed by atoms with E-state index in [1.807, 2.05) is 60.7 Å². The summed E-state index contributed by atoms with van der Waals surface area (Å²) in [5.74, 6) is -2.34. The van der Waals surface area contributed by atoms with Crippen LogP contribution in [0.25, 0.3) is 22.2 Å². The highest BCUT2D eigenvalue weighted by Gasteiger charge is 2.39. The average molecular weight is 539 g/mol. The molecule has 0 aliphatic carbocycles. The Labute approximate surface area is 228 Å². The molecule has 9 heteroatoms. The number of esters is 1. The van der Waals surface area contributed by atoms with Gasteiger partial charge in [-0.05, 0) is 19.1 Å². The minimum absolute atomic E-state index is 0.0178. The van der Waals surface area contributed by atoms with Gasteiger partial charge in [-0.3, -0.25) is 0 Å². The SMILES string of the molecule is CCOC(=O)C1=C(CSc2nc(-c3ccccc3)c3ccccc3n2)OC(N)=C(C#N)[C@H]1c1ccccc1F. The van der Waals surface area contributed by atoms with Crippen LogP contribution in [0.5, 0.6) is 0 Å². The quantitative estimate of drug-likeness (QED) is 0.177. The van der Waals surface area contributed by atoms with E-state index < -0.39 is 17.7 Å². The van der Waals surface area contributed by atoms with Crippen LogP contribution in [0.1, 0.15) is 18.4 Å². The average Bonchev–Trinajstić information content (AvgIpc) is 2.96. The van der Waals surface area contributed by atoms with Crippen molar-refractivity contribution in [3.05, 3.63) is 113 Å². The van der Waals surface area contributed by atoms with Gasteiger partial charge in [-0.1, -0.05) is 78.5 Å². The first kappa shape index (κ1) is 25.9. The lowest BCUT2D eigenvalue weighted by Crippen LogP contribution is -2.27. The summed E-state index contributed by atoms with van der Waals surface area (Å²) in [6.45, 7) is 1.75. The van der Waals surface area contributed by atoms with Gasteiger partial charge in [-0.25, -0.2) is 19.2 Å². The van der Waals surface area contributed by atoms with E-state index in [0.717, 1.165) is 22.2 Å². The number of aromatic nitrogens is 2. The fourth-order valence-electron chi connectivity index (χ4n) is 4.44. The molecule has 7 nitrogen and oxygen atoms in total. The van der Waals surface area contributed by atoms with Gasteiger partial charge in [-0.15, -0.1) is 0 Å². The van der Waals surface area contributed by atoms with Gasteiger partial charge in [0, 0.05) is 16.5 Å².